The second-order valence-corrected chi connectivity index (χ2v) is 7.94. The number of nitrogens with two attached hydrogens (primary N) is 1. The van der Waals surface area contributed by atoms with Crippen molar-refractivity contribution < 1.29 is 13.2 Å². The van der Waals surface area contributed by atoms with E-state index in [0.29, 0.717) is 12.1 Å². The predicted octanol–water partition coefficient (Wildman–Crippen LogP) is 2.22. The Bertz CT molecular complexity index is 682. The van der Waals surface area contributed by atoms with Crippen LogP contribution in [0, 0.1) is 12.3 Å². The molecule has 1 aliphatic carbocycles. The summed E-state index contributed by atoms with van der Waals surface area (Å²) in [6, 6.07) is 2.53. The van der Waals surface area contributed by atoms with Gasteiger partial charge in [0.1, 0.15) is 0 Å². The molecule has 0 heterocycles. The van der Waals surface area contributed by atoms with Gasteiger partial charge in [-0.25, -0.2) is 13.6 Å². The number of halogens is 1. The maximum atomic E-state index is 12.3. The minimum atomic E-state index is -3.90. The lowest BCUT2D eigenvalue weighted by atomic mass is 9.70. The van der Waals surface area contributed by atoms with E-state index in [1.807, 2.05) is 0 Å². The zero-order valence-corrected chi connectivity index (χ0v) is 13.6. The van der Waals surface area contributed by atoms with Gasteiger partial charge in [0.2, 0.25) is 10.0 Å². The number of hydrogen-bond acceptors (Lipinski definition) is 3. The Morgan fingerprint density at radius 1 is 1.43 bits per heavy atom. The lowest BCUT2D eigenvalue weighted by Crippen LogP contribution is -2.40. The third-order valence-corrected chi connectivity index (χ3v) is 5.41. The first kappa shape index (κ1) is 16.3. The highest BCUT2D eigenvalue weighted by Crippen LogP contribution is 2.39. The van der Waals surface area contributed by atoms with Crippen LogP contribution in [-0.2, 0) is 10.0 Å². The van der Waals surface area contributed by atoms with Crippen LogP contribution in [0.25, 0.3) is 0 Å². The van der Waals surface area contributed by atoms with Crippen molar-refractivity contribution in [2.45, 2.75) is 38.0 Å². The van der Waals surface area contributed by atoms with Crippen molar-refractivity contribution in [2.24, 2.45) is 10.6 Å². The quantitative estimate of drug-likeness (QED) is 0.887. The van der Waals surface area contributed by atoms with Crippen molar-refractivity contribution in [1.82, 2.24) is 5.32 Å². The number of amides is 1. The standard InChI is InChI=1S/C14H19ClN2O3S/c1-9-11(6-10(7-12(9)15)21(16,19)20)13(18)17-8-14(2)4-3-5-14/h6-7H,3-5,8H2,1-2H3,(H,17,18)(H2,16,19,20). The number of sulfonamides is 1. The lowest BCUT2D eigenvalue weighted by Gasteiger charge is -2.38. The molecule has 0 saturated heterocycles. The Morgan fingerprint density at radius 3 is 2.52 bits per heavy atom. The van der Waals surface area contributed by atoms with Crippen LogP contribution in [0.1, 0.15) is 42.1 Å². The molecule has 1 aromatic carbocycles. The topological polar surface area (TPSA) is 89.3 Å². The van der Waals surface area contributed by atoms with Crippen molar-refractivity contribution in [3.63, 3.8) is 0 Å². The molecule has 0 aliphatic heterocycles. The highest BCUT2D eigenvalue weighted by atomic mass is 35.5. The maximum Gasteiger partial charge on any atom is 0.251 e. The summed E-state index contributed by atoms with van der Waals surface area (Å²) in [7, 11) is -3.90. The van der Waals surface area contributed by atoms with E-state index in [9.17, 15) is 13.2 Å². The third-order valence-electron chi connectivity index (χ3n) is 4.13. The number of hydrogen-bond donors (Lipinski definition) is 2. The van der Waals surface area contributed by atoms with Gasteiger partial charge in [-0.1, -0.05) is 24.9 Å². The van der Waals surface area contributed by atoms with Crippen LogP contribution < -0.4 is 10.5 Å². The maximum absolute atomic E-state index is 12.3. The molecule has 0 bridgehead atoms. The normalized spacial score (nSPS) is 17.1. The van der Waals surface area contributed by atoms with Gasteiger partial charge in [0, 0.05) is 17.1 Å². The van der Waals surface area contributed by atoms with E-state index >= 15 is 0 Å². The fraction of sp³-hybridized carbons (Fsp3) is 0.500. The Labute approximate surface area is 129 Å². The Kier molecular flexibility index (Phi) is 4.33. The first-order chi connectivity index (χ1) is 9.62. The third kappa shape index (κ3) is 3.56. The SMILES string of the molecule is Cc1c(Cl)cc(S(N)(=O)=O)cc1C(=O)NCC1(C)CCC1. The molecule has 1 aliphatic rings. The van der Waals surface area contributed by atoms with Crippen molar-refractivity contribution in [3.05, 3.63) is 28.3 Å². The number of nitrogens with one attached hydrogen (secondary N) is 1. The largest absolute Gasteiger partial charge is 0.351 e. The summed E-state index contributed by atoms with van der Waals surface area (Å²) in [6.07, 6.45) is 3.35. The van der Waals surface area contributed by atoms with Crippen LogP contribution in [0.5, 0.6) is 0 Å². The zero-order chi connectivity index (χ0) is 15.8. The smallest absolute Gasteiger partial charge is 0.251 e. The summed E-state index contributed by atoms with van der Waals surface area (Å²) in [4.78, 5) is 12.1. The number of carbonyl (C=O) groups is 1. The summed E-state index contributed by atoms with van der Waals surface area (Å²) >= 11 is 6.00. The molecule has 116 valence electrons. The summed E-state index contributed by atoms with van der Waals surface area (Å²) in [5, 5.41) is 8.17. The highest BCUT2D eigenvalue weighted by molar-refractivity contribution is 7.89. The van der Waals surface area contributed by atoms with E-state index in [4.69, 9.17) is 16.7 Å². The van der Waals surface area contributed by atoms with Crippen molar-refractivity contribution >= 4 is 27.5 Å². The van der Waals surface area contributed by atoms with Gasteiger partial charge in [-0.05, 0) is 42.9 Å². The monoisotopic (exact) mass is 330 g/mol. The van der Waals surface area contributed by atoms with Gasteiger partial charge in [-0.3, -0.25) is 4.79 Å². The fourth-order valence-electron chi connectivity index (χ4n) is 2.40. The first-order valence-corrected chi connectivity index (χ1v) is 8.66. The van der Waals surface area contributed by atoms with Gasteiger partial charge in [0.15, 0.2) is 0 Å². The van der Waals surface area contributed by atoms with E-state index in [-0.39, 0.29) is 26.8 Å². The molecule has 5 nitrogen and oxygen atoms in total. The van der Waals surface area contributed by atoms with Crippen LogP contribution in [0.4, 0.5) is 0 Å². The Morgan fingerprint density at radius 2 is 2.05 bits per heavy atom. The number of benzene rings is 1. The summed E-state index contributed by atoms with van der Waals surface area (Å²) in [5.74, 6) is -0.326. The zero-order valence-electron chi connectivity index (χ0n) is 12.1. The van der Waals surface area contributed by atoms with Crippen LogP contribution >= 0.6 is 11.6 Å². The number of rotatable bonds is 4. The second-order valence-electron chi connectivity index (χ2n) is 5.97. The lowest BCUT2D eigenvalue weighted by molar-refractivity contribution is 0.0890. The molecule has 3 N–H and O–H groups in total. The molecule has 2 rings (SSSR count). The molecule has 1 aromatic rings. The molecular formula is C14H19ClN2O3S. The minimum Gasteiger partial charge on any atom is -0.351 e. The van der Waals surface area contributed by atoms with Gasteiger partial charge in [-0.15, -0.1) is 0 Å². The summed E-state index contributed by atoms with van der Waals surface area (Å²) in [5.41, 5.74) is 0.931. The molecule has 0 radical (unpaired) electrons. The summed E-state index contributed by atoms with van der Waals surface area (Å²) in [6.45, 7) is 4.37. The molecule has 7 heteroatoms. The molecule has 1 saturated carbocycles. The van der Waals surface area contributed by atoms with Crippen molar-refractivity contribution in [1.29, 1.82) is 0 Å². The van der Waals surface area contributed by atoms with Gasteiger partial charge >= 0.3 is 0 Å². The molecule has 0 unspecified atom stereocenters. The average molecular weight is 331 g/mol. The molecular weight excluding hydrogens is 312 g/mol. The number of carbonyl (C=O) groups excluding carboxylic acids is 1. The minimum absolute atomic E-state index is 0.144. The van der Waals surface area contributed by atoms with Crippen LogP contribution in [-0.4, -0.2) is 20.9 Å². The van der Waals surface area contributed by atoms with Crippen molar-refractivity contribution in [3.8, 4) is 0 Å². The molecule has 1 amide bonds. The van der Waals surface area contributed by atoms with E-state index < -0.39 is 10.0 Å². The fourth-order valence-corrected chi connectivity index (χ4v) is 3.25. The van der Waals surface area contributed by atoms with Crippen molar-refractivity contribution in [2.75, 3.05) is 6.54 Å². The molecule has 0 spiro atoms. The van der Waals surface area contributed by atoms with E-state index in [2.05, 4.69) is 12.2 Å². The van der Waals surface area contributed by atoms with E-state index in [1.54, 1.807) is 6.92 Å². The molecule has 21 heavy (non-hydrogen) atoms. The van der Waals surface area contributed by atoms with Gasteiger partial charge < -0.3 is 5.32 Å². The molecule has 1 fully saturated rings. The van der Waals surface area contributed by atoms with Crippen LogP contribution in [0.15, 0.2) is 17.0 Å². The van der Waals surface area contributed by atoms with E-state index in [0.717, 1.165) is 12.8 Å². The van der Waals surface area contributed by atoms with Gasteiger partial charge in [0.05, 0.1) is 4.90 Å². The van der Waals surface area contributed by atoms with Gasteiger partial charge in [-0.2, -0.15) is 0 Å². The van der Waals surface area contributed by atoms with Crippen LogP contribution in [0.2, 0.25) is 5.02 Å². The van der Waals surface area contributed by atoms with Gasteiger partial charge in [0.25, 0.3) is 5.91 Å². The second kappa shape index (κ2) is 5.59. The first-order valence-electron chi connectivity index (χ1n) is 6.74. The van der Waals surface area contributed by atoms with E-state index in [1.165, 1.54) is 18.6 Å². The Hall–Kier alpha value is -1.11. The molecule has 0 atom stereocenters. The predicted molar refractivity (Wildman–Crippen MR) is 81.9 cm³/mol. The summed E-state index contributed by atoms with van der Waals surface area (Å²) < 4.78 is 22.9. The highest BCUT2D eigenvalue weighted by Gasteiger charge is 2.32. The van der Waals surface area contributed by atoms with Crippen LogP contribution in [0.3, 0.4) is 0 Å². The average Bonchev–Trinajstić information content (AvgIpc) is 2.35. The number of primary sulfonamides is 1. The Balaban J connectivity index is 2.25. The molecule has 0 aromatic heterocycles.